The highest BCUT2D eigenvalue weighted by atomic mass is 15.2. The Labute approximate surface area is 96.8 Å². The zero-order chi connectivity index (χ0) is 11.0. The van der Waals surface area contributed by atoms with Gasteiger partial charge in [-0.15, -0.1) is 0 Å². The van der Waals surface area contributed by atoms with Crippen LogP contribution in [0.25, 0.3) is 0 Å². The number of hydrogen-bond donors (Lipinski definition) is 2. The largest absolute Gasteiger partial charge is 0.382 e. The number of fused-ring (bicyclic) bond motifs is 2. The van der Waals surface area contributed by atoms with Crippen LogP contribution < -0.4 is 5.73 Å². The van der Waals surface area contributed by atoms with Gasteiger partial charge in [0.05, 0.1) is 0 Å². The van der Waals surface area contributed by atoms with E-state index in [0.717, 1.165) is 12.3 Å². The summed E-state index contributed by atoms with van der Waals surface area (Å²) >= 11 is 0. The van der Waals surface area contributed by atoms with Crippen LogP contribution in [0.15, 0.2) is 6.07 Å². The maximum Gasteiger partial charge on any atom is 0.145 e. The smallest absolute Gasteiger partial charge is 0.145 e. The van der Waals surface area contributed by atoms with Gasteiger partial charge in [-0.1, -0.05) is 25.7 Å². The molecule has 2 aliphatic rings. The molecule has 0 spiro atoms. The third-order valence-corrected chi connectivity index (χ3v) is 4.58. The van der Waals surface area contributed by atoms with Crippen LogP contribution in [0.4, 0.5) is 5.82 Å². The molecular formula is C13H21N3. The topological polar surface area (TPSA) is 54.7 Å². The van der Waals surface area contributed by atoms with Crippen molar-refractivity contribution in [2.45, 2.75) is 51.4 Å². The van der Waals surface area contributed by atoms with E-state index in [4.69, 9.17) is 5.73 Å². The first kappa shape index (κ1) is 10.2. The molecule has 0 unspecified atom stereocenters. The molecule has 2 fully saturated rings. The van der Waals surface area contributed by atoms with E-state index >= 15 is 0 Å². The molecule has 0 saturated heterocycles. The molecule has 0 radical (unpaired) electrons. The fraction of sp³-hybridized carbons (Fsp3) is 0.769. The third kappa shape index (κ3) is 1.83. The van der Waals surface area contributed by atoms with Crippen molar-refractivity contribution in [3.05, 3.63) is 11.8 Å². The van der Waals surface area contributed by atoms with Gasteiger partial charge in [0.15, 0.2) is 0 Å². The lowest BCUT2D eigenvalue weighted by Gasteiger charge is -2.45. The first-order chi connectivity index (χ1) is 7.76. The lowest BCUT2D eigenvalue weighted by Crippen LogP contribution is -2.34. The van der Waals surface area contributed by atoms with Crippen molar-refractivity contribution < 1.29 is 0 Å². The summed E-state index contributed by atoms with van der Waals surface area (Å²) in [4.78, 5) is 0. The van der Waals surface area contributed by atoms with E-state index in [1.54, 1.807) is 0 Å². The maximum atomic E-state index is 5.67. The first-order valence-corrected chi connectivity index (χ1v) is 6.56. The van der Waals surface area contributed by atoms with Gasteiger partial charge in [-0.2, -0.15) is 5.10 Å². The Bertz CT molecular complexity index is 359. The summed E-state index contributed by atoms with van der Waals surface area (Å²) in [5.74, 6) is 1.64. The third-order valence-electron chi connectivity index (χ3n) is 4.58. The molecule has 16 heavy (non-hydrogen) atoms. The molecule has 2 saturated carbocycles. The second kappa shape index (κ2) is 3.79. The average molecular weight is 219 g/mol. The highest BCUT2D eigenvalue weighted by molar-refractivity contribution is 5.29. The van der Waals surface area contributed by atoms with Crippen molar-refractivity contribution in [2.24, 2.45) is 11.3 Å². The van der Waals surface area contributed by atoms with Gasteiger partial charge >= 0.3 is 0 Å². The predicted molar refractivity (Wildman–Crippen MR) is 64.9 cm³/mol. The number of nitrogens with zero attached hydrogens (tertiary/aromatic N) is 1. The number of aromatic nitrogens is 2. The van der Waals surface area contributed by atoms with E-state index in [2.05, 4.69) is 10.2 Å². The van der Waals surface area contributed by atoms with Gasteiger partial charge in [-0.3, -0.25) is 5.10 Å². The van der Waals surface area contributed by atoms with Gasteiger partial charge in [0.1, 0.15) is 5.82 Å². The number of anilines is 1. The highest BCUT2D eigenvalue weighted by Gasteiger charge is 2.39. The molecule has 2 aliphatic carbocycles. The van der Waals surface area contributed by atoms with Crippen LogP contribution in [0.3, 0.4) is 0 Å². The van der Waals surface area contributed by atoms with E-state index in [9.17, 15) is 0 Å². The number of hydrogen-bond acceptors (Lipinski definition) is 2. The SMILES string of the molecule is Nc1cc(CC23CCCC(CCC2)C3)[nH]n1. The summed E-state index contributed by atoms with van der Waals surface area (Å²) in [5, 5.41) is 7.11. The van der Waals surface area contributed by atoms with Crippen LogP contribution in [-0.4, -0.2) is 10.2 Å². The Morgan fingerprint density at radius 2 is 2.12 bits per heavy atom. The van der Waals surface area contributed by atoms with Crippen LogP contribution in [-0.2, 0) is 6.42 Å². The Balaban J connectivity index is 1.76. The molecule has 0 aromatic carbocycles. The van der Waals surface area contributed by atoms with E-state index in [1.807, 2.05) is 6.07 Å². The van der Waals surface area contributed by atoms with Crippen molar-refractivity contribution in [2.75, 3.05) is 5.73 Å². The van der Waals surface area contributed by atoms with Gasteiger partial charge in [-0.05, 0) is 37.0 Å². The number of aromatic amines is 1. The predicted octanol–water partition coefficient (Wildman–Crippen LogP) is 2.89. The van der Waals surface area contributed by atoms with Crippen molar-refractivity contribution in [1.82, 2.24) is 10.2 Å². The van der Waals surface area contributed by atoms with Gasteiger partial charge in [0, 0.05) is 11.8 Å². The van der Waals surface area contributed by atoms with Crippen molar-refractivity contribution in [3.8, 4) is 0 Å². The van der Waals surface area contributed by atoms with Gasteiger partial charge < -0.3 is 5.73 Å². The van der Waals surface area contributed by atoms with Crippen LogP contribution in [0.5, 0.6) is 0 Å². The zero-order valence-corrected chi connectivity index (χ0v) is 9.84. The molecule has 3 nitrogen and oxygen atoms in total. The number of rotatable bonds is 2. The summed E-state index contributed by atoms with van der Waals surface area (Å²) in [6.07, 6.45) is 11.2. The number of nitrogens with one attached hydrogen (secondary N) is 1. The van der Waals surface area contributed by atoms with E-state index in [0.29, 0.717) is 11.2 Å². The zero-order valence-electron chi connectivity index (χ0n) is 9.84. The fourth-order valence-corrected chi connectivity index (χ4v) is 3.94. The normalized spacial score (nSPS) is 33.9. The first-order valence-electron chi connectivity index (χ1n) is 6.56. The molecule has 0 amide bonds. The summed E-state index contributed by atoms with van der Waals surface area (Å²) in [5.41, 5.74) is 7.47. The van der Waals surface area contributed by atoms with Crippen molar-refractivity contribution in [3.63, 3.8) is 0 Å². The molecule has 1 heterocycles. The molecule has 1 aromatic heterocycles. The molecular weight excluding hydrogens is 198 g/mol. The lowest BCUT2D eigenvalue weighted by molar-refractivity contribution is 0.0765. The lowest BCUT2D eigenvalue weighted by atomic mass is 9.60. The summed E-state index contributed by atoms with van der Waals surface area (Å²) < 4.78 is 0. The number of nitrogens with two attached hydrogens (primary N) is 1. The summed E-state index contributed by atoms with van der Waals surface area (Å²) in [6, 6.07) is 2.01. The minimum atomic E-state index is 0.570. The van der Waals surface area contributed by atoms with Crippen molar-refractivity contribution >= 4 is 5.82 Å². The quantitative estimate of drug-likeness (QED) is 0.803. The van der Waals surface area contributed by atoms with Crippen molar-refractivity contribution in [1.29, 1.82) is 0 Å². The molecule has 3 heteroatoms. The minimum absolute atomic E-state index is 0.570. The van der Waals surface area contributed by atoms with Crippen LogP contribution in [0.2, 0.25) is 0 Å². The van der Waals surface area contributed by atoms with Gasteiger partial charge in [0.25, 0.3) is 0 Å². The molecule has 0 atom stereocenters. The van der Waals surface area contributed by atoms with E-state index in [1.165, 1.54) is 50.6 Å². The molecule has 2 bridgehead atoms. The van der Waals surface area contributed by atoms with Crippen LogP contribution >= 0.6 is 0 Å². The molecule has 3 N–H and O–H groups in total. The van der Waals surface area contributed by atoms with E-state index < -0.39 is 0 Å². The summed E-state index contributed by atoms with van der Waals surface area (Å²) in [7, 11) is 0. The fourth-order valence-electron chi connectivity index (χ4n) is 3.94. The van der Waals surface area contributed by atoms with Gasteiger partial charge in [-0.25, -0.2) is 0 Å². The molecule has 88 valence electrons. The Kier molecular flexibility index (Phi) is 2.41. The Hall–Kier alpha value is -0.990. The standard InChI is InChI=1S/C13H21N3/c14-12-7-11(15-16-12)9-13-5-1-3-10(8-13)4-2-6-13/h7,10H,1-6,8-9H2,(H3,14,15,16). The maximum absolute atomic E-state index is 5.67. The molecule has 3 rings (SSSR count). The monoisotopic (exact) mass is 219 g/mol. The Morgan fingerprint density at radius 3 is 2.75 bits per heavy atom. The molecule has 0 aliphatic heterocycles. The number of H-pyrrole nitrogens is 1. The molecule has 1 aromatic rings. The minimum Gasteiger partial charge on any atom is -0.382 e. The average Bonchev–Trinajstić information content (AvgIpc) is 2.63. The summed E-state index contributed by atoms with van der Waals surface area (Å²) in [6.45, 7) is 0. The number of nitrogen functional groups attached to an aromatic ring is 1. The van der Waals surface area contributed by atoms with Crippen LogP contribution in [0.1, 0.15) is 50.6 Å². The highest BCUT2D eigenvalue weighted by Crippen LogP contribution is 2.50. The second-order valence-electron chi connectivity index (χ2n) is 5.85. The van der Waals surface area contributed by atoms with Gasteiger partial charge in [0.2, 0.25) is 0 Å². The van der Waals surface area contributed by atoms with E-state index in [-0.39, 0.29) is 0 Å². The van der Waals surface area contributed by atoms with Crippen LogP contribution in [0, 0.1) is 11.3 Å². The Morgan fingerprint density at radius 1 is 1.38 bits per heavy atom. The second-order valence-corrected chi connectivity index (χ2v) is 5.85.